The van der Waals surface area contributed by atoms with Crippen molar-refractivity contribution in [3.63, 3.8) is 0 Å². The molecule has 0 saturated carbocycles. The van der Waals surface area contributed by atoms with Crippen LogP contribution in [0.5, 0.6) is 11.5 Å². The van der Waals surface area contributed by atoms with E-state index in [0.29, 0.717) is 44.0 Å². The van der Waals surface area contributed by atoms with Crippen LogP contribution in [0.4, 0.5) is 0 Å². The Morgan fingerprint density at radius 1 is 1.00 bits per heavy atom. The number of halogens is 1. The summed E-state index contributed by atoms with van der Waals surface area (Å²) in [5.41, 5.74) is 1.48. The van der Waals surface area contributed by atoms with Gasteiger partial charge in [0.15, 0.2) is 5.78 Å². The maximum Gasteiger partial charge on any atom is 0.356 e. The fraction of sp³-hybridized carbons (Fsp3) is 0.250. The van der Waals surface area contributed by atoms with Crippen molar-refractivity contribution in [2.75, 3.05) is 26.2 Å². The summed E-state index contributed by atoms with van der Waals surface area (Å²) in [6, 6.07) is 16.0. The molecular formula is C28H27ClNO6PS. The summed E-state index contributed by atoms with van der Waals surface area (Å²) in [6.07, 6.45) is 3.75. The third kappa shape index (κ3) is 5.81. The van der Waals surface area contributed by atoms with Crippen LogP contribution >= 0.6 is 30.5 Å². The van der Waals surface area contributed by atoms with Gasteiger partial charge < -0.3 is 19.6 Å². The van der Waals surface area contributed by atoms with Crippen LogP contribution in [0.1, 0.15) is 35.2 Å². The minimum atomic E-state index is -4.47. The summed E-state index contributed by atoms with van der Waals surface area (Å²) in [4.78, 5) is 36.1. The van der Waals surface area contributed by atoms with E-state index in [4.69, 9.17) is 16.3 Å². The van der Waals surface area contributed by atoms with Crippen LogP contribution in [-0.2, 0) is 4.57 Å². The lowest BCUT2D eigenvalue weighted by Crippen LogP contribution is -2.33. The first-order valence-electron chi connectivity index (χ1n) is 12.3. The molecule has 0 unspecified atom stereocenters. The second-order valence-electron chi connectivity index (χ2n) is 9.30. The zero-order chi connectivity index (χ0) is 26.9. The number of ether oxygens (including phenoxy) is 1. The van der Waals surface area contributed by atoms with Gasteiger partial charge in [0.05, 0.1) is 10.3 Å². The number of aromatic hydroxyl groups is 1. The highest BCUT2D eigenvalue weighted by Gasteiger charge is 2.25. The third-order valence-electron chi connectivity index (χ3n) is 6.69. The van der Waals surface area contributed by atoms with Crippen molar-refractivity contribution in [3.05, 3.63) is 76.8 Å². The summed E-state index contributed by atoms with van der Waals surface area (Å²) in [5, 5.41) is 10.5. The fourth-order valence-corrected chi connectivity index (χ4v) is 6.74. The average Bonchev–Trinajstić information content (AvgIpc) is 3.29. The van der Waals surface area contributed by atoms with Crippen molar-refractivity contribution in [2.24, 2.45) is 0 Å². The molecule has 3 N–H and O–H groups in total. The first kappa shape index (κ1) is 26.9. The number of benzene rings is 3. The Labute approximate surface area is 229 Å². The summed E-state index contributed by atoms with van der Waals surface area (Å²) in [5.74, 6) is 0.369. The van der Waals surface area contributed by atoms with Gasteiger partial charge in [0.1, 0.15) is 18.1 Å². The van der Waals surface area contributed by atoms with Gasteiger partial charge in [-0.3, -0.25) is 14.3 Å². The average molecular weight is 572 g/mol. The molecule has 1 aliphatic heterocycles. The second kappa shape index (κ2) is 11.2. The standard InChI is InChI=1S/C28H27ClNO6PS/c29-23-16-19(6-11-24(23)31)28-26(22-10-9-21(37(33,34)35)17-25(22)38-28)27(32)18-4-7-20(8-5-18)36-15-14-30-12-2-1-3-13-30/h4-11,16-17,31H,1-3,12-15H2,(H2,33,34,35). The van der Waals surface area contributed by atoms with Gasteiger partial charge in [0.2, 0.25) is 0 Å². The molecule has 2 heterocycles. The smallest absolute Gasteiger partial charge is 0.356 e. The molecule has 5 rings (SSSR count). The number of thiophene rings is 1. The topological polar surface area (TPSA) is 107 Å². The molecule has 38 heavy (non-hydrogen) atoms. The normalized spacial score (nSPS) is 14.6. The molecule has 0 radical (unpaired) electrons. The van der Waals surface area contributed by atoms with Crippen LogP contribution in [0, 0.1) is 0 Å². The van der Waals surface area contributed by atoms with Gasteiger partial charge in [-0.25, -0.2) is 0 Å². The van der Waals surface area contributed by atoms with Crippen molar-refractivity contribution < 1.29 is 29.0 Å². The van der Waals surface area contributed by atoms with Gasteiger partial charge >= 0.3 is 7.60 Å². The molecule has 1 aromatic heterocycles. The third-order valence-corrected chi connectivity index (χ3v) is 9.14. The van der Waals surface area contributed by atoms with Crippen LogP contribution in [0.2, 0.25) is 5.02 Å². The van der Waals surface area contributed by atoms with Crippen molar-refractivity contribution in [3.8, 4) is 21.9 Å². The van der Waals surface area contributed by atoms with Crippen LogP contribution in [-0.4, -0.2) is 51.8 Å². The van der Waals surface area contributed by atoms with E-state index in [1.165, 1.54) is 48.8 Å². The van der Waals surface area contributed by atoms with Crippen molar-refractivity contribution in [1.29, 1.82) is 0 Å². The van der Waals surface area contributed by atoms with Gasteiger partial charge in [-0.15, -0.1) is 11.3 Å². The number of fused-ring (bicyclic) bond motifs is 1. The zero-order valence-corrected chi connectivity index (χ0v) is 22.9. The first-order valence-corrected chi connectivity index (χ1v) is 15.1. The predicted molar refractivity (Wildman–Crippen MR) is 151 cm³/mol. The van der Waals surface area contributed by atoms with Crippen molar-refractivity contribution in [2.45, 2.75) is 19.3 Å². The molecule has 1 saturated heterocycles. The number of nitrogens with zero attached hydrogens (tertiary/aromatic N) is 1. The summed E-state index contributed by atoms with van der Waals surface area (Å²) >= 11 is 7.39. The lowest BCUT2D eigenvalue weighted by molar-refractivity contribution is 0.104. The quantitative estimate of drug-likeness (QED) is 0.180. The summed E-state index contributed by atoms with van der Waals surface area (Å²) in [6.45, 7) is 3.66. The van der Waals surface area contributed by atoms with Gasteiger partial charge in [-0.1, -0.05) is 24.1 Å². The van der Waals surface area contributed by atoms with Crippen LogP contribution in [0.15, 0.2) is 60.7 Å². The molecule has 198 valence electrons. The Kier molecular flexibility index (Phi) is 7.91. The SMILES string of the molecule is O=C(c1ccc(OCCN2CCCCC2)cc1)c1c(-c2ccc(O)c(Cl)c2)sc2cc(P(=O)(O)O)ccc12. The van der Waals surface area contributed by atoms with Gasteiger partial charge in [-0.2, -0.15) is 0 Å². The Morgan fingerprint density at radius 2 is 1.74 bits per heavy atom. The number of phenolic OH excluding ortho intramolecular Hbond substituents is 1. The number of ketones is 1. The molecule has 3 aromatic carbocycles. The molecule has 0 atom stereocenters. The Balaban J connectivity index is 1.45. The van der Waals surface area contributed by atoms with Crippen molar-refractivity contribution >= 4 is 51.7 Å². The number of hydrogen-bond donors (Lipinski definition) is 3. The molecule has 1 aliphatic rings. The number of piperidine rings is 1. The number of rotatable bonds is 8. The van der Waals surface area contributed by atoms with Gasteiger partial charge in [0.25, 0.3) is 0 Å². The van der Waals surface area contributed by atoms with E-state index in [-0.39, 0.29) is 21.9 Å². The summed E-state index contributed by atoms with van der Waals surface area (Å²) in [7, 11) is -4.47. The largest absolute Gasteiger partial charge is 0.506 e. The van der Waals surface area contributed by atoms with Crippen LogP contribution in [0.3, 0.4) is 0 Å². The Hall–Kier alpha value is -2.71. The molecule has 0 amide bonds. The number of phenols is 1. The first-order chi connectivity index (χ1) is 18.2. The number of carbonyl (C=O) groups is 1. The highest BCUT2D eigenvalue weighted by molar-refractivity contribution is 7.60. The lowest BCUT2D eigenvalue weighted by Gasteiger charge is -2.26. The van der Waals surface area contributed by atoms with Crippen LogP contribution in [0.25, 0.3) is 20.5 Å². The maximum atomic E-state index is 13.8. The Bertz CT molecular complexity index is 1520. The number of likely N-dealkylation sites (tertiary alicyclic amines) is 1. The van der Waals surface area contributed by atoms with Gasteiger partial charge in [0, 0.05) is 32.6 Å². The van der Waals surface area contributed by atoms with Crippen LogP contribution < -0.4 is 10.0 Å². The number of hydrogen-bond acceptors (Lipinski definition) is 6. The molecule has 4 aromatic rings. The lowest BCUT2D eigenvalue weighted by atomic mass is 9.97. The van der Waals surface area contributed by atoms with Gasteiger partial charge in [-0.05, 0) is 86.1 Å². The highest BCUT2D eigenvalue weighted by atomic mass is 35.5. The molecule has 10 heteroatoms. The van der Waals surface area contributed by atoms with E-state index in [0.717, 1.165) is 19.6 Å². The Morgan fingerprint density at radius 3 is 2.42 bits per heavy atom. The van der Waals surface area contributed by atoms with E-state index in [1.54, 1.807) is 42.5 Å². The van der Waals surface area contributed by atoms with E-state index >= 15 is 0 Å². The molecular weight excluding hydrogens is 545 g/mol. The van der Waals surface area contributed by atoms with Crippen molar-refractivity contribution in [1.82, 2.24) is 4.90 Å². The molecule has 0 aliphatic carbocycles. The minimum absolute atomic E-state index is 0.0796. The highest BCUT2D eigenvalue weighted by Crippen LogP contribution is 2.43. The van der Waals surface area contributed by atoms with E-state index < -0.39 is 7.60 Å². The molecule has 0 bridgehead atoms. The zero-order valence-electron chi connectivity index (χ0n) is 20.5. The summed E-state index contributed by atoms with van der Waals surface area (Å²) < 4.78 is 18.3. The maximum absolute atomic E-state index is 13.8. The van der Waals surface area contributed by atoms with E-state index in [1.807, 2.05) is 0 Å². The van der Waals surface area contributed by atoms with E-state index in [9.17, 15) is 24.3 Å². The van der Waals surface area contributed by atoms with E-state index in [2.05, 4.69) is 4.90 Å². The second-order valence-corrected chi connectivity index (χ2v) is 12.4. The molecule has 1 fully saturated rings. The molecule has 0 spiro atoms. The molecule has 7 nitrogen and oxygen atoms in total. The monoisotopic (exact) mass is 571 g/mol. The predicted octanol–water partition coefficient (Wildman–Crippen LogP) is 5.83. The minimum Gasteiger partial charge on any atom is -0.506 e. The fourth-order valence-electron chi connectivity index (χ4n) is 4.67. The number of carbonyl (C=O) groups excluding carboxylic acids is 1.